The molecule has 0 amide bonds. The molecular formula is C8H17IO. The van der Waals surface area contributed by atoms with Gasteiger partial charge in [0.05, 0.1) is 6.10 Å². The van der Waals surface area contributed by atoms with Crippen molar-refractivity contribution in [3.8, 4) is 0 Å². The van der Waals surface area contributed by atoms with E-state index in [1.54, 1.807) is 0 Å². The van der Waals surface area contributed by atoms with Crippen LogP contribution in [0.25, 0.3) is 0 Å². The predicted molar refractivity (Wildman–Crippen MR) is 53.6 cm³/mol. The Morgan fingerprint density at radius 3 is 2.40 bits per heavy atom. The van der Waals surface area contributed by atoms with Crippen LogP contribution in [0.2, 0.25) is 0 Å². The van der Waals surface area contributed by atoms with Crippen LogP contribution < -0.4 is 0 Å². The van der Waals surface area contributed by atoms with E-state index < -0.39 is 0 Å². The Balaban J connectivity index is 3.31. The van der Waals surface area contributed by atoms with E-state index in [-0.39, 0.29) is 6.10 Å². The van der Waals surface area contributed by atoms with Gasteiger partial charge in [-0.2, -0.15) is 0 Å². The molecule has 0 aromatic heterocycles. The van der Waals surface area contributed by atoms with Gasteiger partial charge in [-0.05, 0) is 12.8 Å². The molecule has 2 atom stereocenters. The first-order chi connectivity index (χ1) is 4.72. The number of rotatable bonds is 5. The third-order valence-electron chi connectivity index (χ3n) is 1.67. The molecule has 0 spiro atoms. The van der Waals surface area contributed by atoms with E-state index >= 15 is 0 Å². The largest absolute Gasteiger partial charge is 0.392 e. The van der Waals surface area contributed by atoms with Gasteiger partial charge < -0.3 is 5.11 Å². The molecule has 62 valence electrons. The minimum absolute atomic E-state index is 0.0906. The molecule has 0 bridgehead atoms. The lowest BCUT2D eigenvalue weighted by Gasteiger charge is -2.14. The summed E-state index contributed by atoms with van der Waals surface area (Å²) in [6, 6.07) is 0. The minimum Gasteiger partial charge on any atom is -0.392 e. The average molecular weight is 256 g/mol. The second-order valence-electron chi connectivity index (χ2n) is 2.63. The van der Waals surface area contributed by atoms with Gasteiger partial charge in [-0.15, -0.1) is 0 Å². The summed E-state index contributed by atoms with van der Waals surface area (Å²) in [4.78, 5) is 0. The summed E-state index contributed by atoms with van der Waals surface area (Å²) in [6.45, 7) is 4.21. The van der Waals surface area contributed by atoms with Gasteiger partial charge in [0.15, 0.2) is 0 Å². The highest BCUT2D eigenvalue weighted by Crippen LogP contribution is 2.16. The highest BCUT2D eigenvalue weighted by Gasteiger charge is 2.11. The molecule has 0 rings (SSSR count). The van der Waals surface area contributed by atoms with E-state index in [0.29, 0.717) is 3.92 Å². The molecule has 0 aliphatic carbocycles. The Hall–Kier alpha value is 0.690. The minimum atomic E-state index is -0.0906. The van der Waals surface area contributed by atoms with E-state index in [9.17, 15) is 5.11 Å². The van der Waals surface area contributed by atoms with Crippen molar-refractivity contribution in [3.63, 3.8) is 0 Å². The van der Waals surface area contributed by atoms with Gasteiger partial charge in [-0.3, -0.25) is 0 Å². The van der Waals surface area contributed by atoms with Gasteiger partial charge in [0.1, 0.15) is 0 Å². The zero-order valence-electron chi connectivity index (χ0n) is 6.81. The maximum atomic E-state index is 9.35. The summed E-state index contributed by atoms with van der Waals surface area (Å²) >= 11 is 2.34. The van der Waals surface area contributed by atoms with E-state index in [1.807, 2.05) is 6.92 Å². The summed E-state index contributed by atoms with van der Waals surface area (Å²) in [6.07, 6.45) is 4.43. The second-order valence-corrected chi connectivity index (χ2v) is 4.23. The number of aliphatic hydroxyl groups is 1. The van der Waals surface area contributed by atoms with Crippen LogP contribution >= 0.6 is 22.6 Å². The molecule has 0 radical (unpaired) electrons. The second kappa shape index (κ2) is 6.40. The smallest absolute Gasteiger partial charge is 0.0655 e. The normalized spacial score (nSPS) is 16.8. The maximum absolute atomic E-state index is 9.35. The van der Waals surface area contributed by atoms with Crippen LogP contribution in [0.3, 0.4) is 0 Å². The molecule has 0 fully saturated rings. The van der Waals surface area contributed by atoms with E-state index in [0.717, 1.165) is 12.8 Å². The lowest BCUT2D eigenvalue weighted by Crippen LogP contribution is -2.18. The fourth-order valence-corrected chi connectivity index (χ4v) is 1.80. The third kappa shape index (κ3) is 4.50. The molecule has 0 aromatic carbocycles. The zero-order chi connectivity index (χ0) is 7.98. The fraction of sp³-hybridized carbons (Fsp3) is 1.00. The van der Waals surface area contributed by atoms with Crippen molar-refractivity contribution in [2.24, 2.45) is 0 Å². The number of unbranched alkanes of at least 4 members (excludes halogenated alkanes) is 1. The Kier molecular flexibility index (Phi) is 6.85. The van der Waals surface area contributed by atoms with Crippen molar-refractivity contribution in [2.45, 2.75) is 49.6 Å². The van der Waals surface area contributed by atoms with Crippen molar-refractivity contribution < 1.29 is 5.11 Å². The number of halogens is 1. The molecule has 0 saturated heterocycles. The van der Waals surface area contributed by atoms with Crippen LogP contribution in [0.4, 0.5) is 0 Å². The van der Waals surface area contributed by atoms with Crippen LogP contribution in [0.5, 0.6) is 0 Å². The van der Waals surface area contributed by atoms with E-state index in [1.165, 1.54) is 12.8 Å². The topological polar surface area (TPSA) is 20.2 Å². The average Bonchev–Trinajstić information content (AvgIpc) is 1.98. The van der Waals surface area contributed by atoms with Crippen LogP contribution in [0, 0.1) is 0 Å². The lowest BCUT2D eigenvalue weighted by molar-refractivity contribution is 0.168. The first kappa shape index (κ1) is 10.7. The van der Waals surface area contributed by atoms with Crippen molar-refractivity contribution in [3.05, 3.63) is 0 Å². The van der Waals surface area contributed by atoms with Crippen LogP contribution in [0.15, 0.2) is 0 Å². The first-order valence-electron chi connectivity index (χ1n) is 4.04. The predicted octanol–water partition coefficient (Wildman–Crippen LogP) is 2.75. The number of alkyl halides is 1. The first-order valence-corrected chi connectivity index (χ1v) is 5.29. The van der Waals surface area contributed by atoms with Gasteiger partial charge >= 0.3 is 0 Å². The van der Waals surface area contributed by atoms with Crippen LogP contribution in [-0.4, -0.2) is 15.1 Å². The summed E-state index contributed by atoms with van der Waals surface area (Å²) in [5.41, 5.74) is 0. The van der Waals surface area contributed by atoms with E-state index in [2.05, 4.69) is 29.5 Å². The SMILES string of the molecule is CCCCC(I)C(O)CC. The van der Waals surface area contributed by atoms with Crippen molar-refractivity contribution in [1.29, 1.82) is 0 Å². The molecule has 0 aliphatic heterocycles. The maximum Gasteiger partial charge on any atom is 0.0655 e. The van der Waals surface area contributed by atoms with Gasteiger partial charge in [0.25, 0.3) is 0 Å². The van der Waals surface area contributed by atoms with Crippen molar-refractivity contribution >= 4 is 22.6 Å². The van der Waals surface area contributed by atoms with Gasteiger partial charge in [-0.25, -0.2) is 0 Å². The molecule has 2 heteroatoms. The van der Waals surface area contributed by atoms with Gasteiger partial charge in [0, 0.05) is 3.92 Å². The van der Waals surface area contributed by atoms with Gasteiger partial charge in [0.2, 0.25) is 0 Å². The third-order valence-corrected chi connectivity index (χ3v) is 3.12. The quantitative estimate of drug-likeness (QED) is 0.592. The lowest BCUT2D eigenvalue weighted by atomic mass is 10.1. The zero-order valence-corrected chi connectivity index (χ0v) is 8.97. The Labute approximate surface area is 77.3 Å². The molecule has 1 N–H and O–H groups in total. The highest BCUT2D eigenvalue weighted by molar-refractivity contribution is 14.1. The van der Waals surface area contributed by atoms with Crippen LogP contribution in [-0.2, 0) is 0 Å². The Morgan fingerprint density at radius 1 is 1.40 bits per heavy atom. The van der Waals surface area contributed by atoms with Crippen LogP contribution in [0.1, 0.15) is 39.5 Å². The molecule has 0 aliphatic rings. The monoisotopic (exact) mass is 256 g/mol. The Bertz CT molecular complexity index is 75.7. The fourth-order valence-electron chi connectivity index (χ4n) is 0.847. The molecule has 0 aromatic rings. The number of hydrogen-bond acceptors (Lipinski definition) is 1. The number of hydrogen-bond donors (Lipinski definition) is 1. The standard InChI is InChI=1S/C8H17IO/c1-3-5-6-7(9)8(10)4-2/h7-8,10H,3-6H2,1-2H3. The summed E-state index contributed by atoms with van der Waals surface area (Å²) in [7, 11) is 0. The summed E-state index contributed by atoms with van der Waals surface area (Å²) in [5.74, 6) is 0. The molecule has 0 saturated carbocycles. The number of aliphatic hydroxyl groups excluding tert-OH is 1. The molecule has 0 heterocycles. The Morgan fingerprint density at radius 2 is 2.00 bits per heavy atom. The molecular weight excluding hydrogens is 239 g/mol. The van der Waals surface area contributed by atoms with Gasteiger partial charge in [-0.1, -0.05) is 49.3 Å². The molecule has 1 nitrogen and oxygen atoms in total. The highest BCUT2D eigenvalue weighted by atomic mass is 127. The molecule has 10 heavy (non-hydrogen) atoms. The summed E-state index contributed by atoms with van der Waals surface area (Å²) < 4.78 is 0.461. The van der Waals surface area contributed by atoms with Crippen molar-refractivity contribution in [2.75, 3.05) is 0 Å². The van der Waals surface area contributed by atoms with E-state index in [4.69, 9.17) is 0 Å². The molecule has 2 unspecified atom stereocenters. The summed E-state index contributed by atoms with van der Waals surface area (Å²) in [5, 5.41) is 9.35. The van der Waals surface area contributed by atoms with Crippen molar-refractivity contribution in [1.82, 2.24) is 0 Å².